The molecule has 4 heterocycles. The van der Waals surface area contributed by atoms with E-state index >= 15 is 0 Å². The summed E-state index contributed by atoms with van der Waals surface area (Å²) in [6, 6.07) is 3.61. The maximum atomic E-state index is 12.7. The molecule has 1 spiro atoms. The molecule has 0 saturated carbocycles. The van der Waals surface area contributed by atoms with Crippen LogP contribution in [0.15, 0.2) is 35.2 Å². The normalized spacial score (nSPS) is 23.9. The van der Waals surface area contributed by atoms with E-state index in [9.17, 15) is 4.79 Å². The van der Waals surface area contributed by atoms with Gasteiger partial charge in [-0.1, -0.05) is 0 Å². The van der Waals surface area contributed by atoms with E-state index in [-0.39, 0.29) is 11.3 Å². The maximum absolute atomic E-state index is 12.7. The molecule has 1 amide bonds. The van der Waals surface area contributed by atoms with E-state index in [0.717, 1.165) is 51.4 Å². The van der Waals surface area contributed by atoms with Crippen molar-refractivity contribution in [3.63, 3.8) is 0 Å². The predicted octanol–water partition coefficient (Wildman–Crippen LogP) is 2.51. The maximum Gasteiger partial charge on any atom is 0.257 e. The van der Waals surface area contributed by atoms with E-state index in [1.807, 2.05) is 17.9 Å². The van der Waals surface area contributed by atoms with Crippen molar-refractivity contribution in [1.82, 2.24) is 14.9 Å². The molecule has 0 aromatic carbocycles. The Labute approximate surface area is 141 Å². The molecule has 4 rings (SSSR count). The zero-order valence-corrected chi connectivity index (χ0v) is 13.9. The van der Waals surface area contributed by atoms with Crippen molar-refractivity contribution in [2.24, 2.45) is 5.41 Å². The van der Waals surface area contributed by atoms with E-state index in [1.165, 1.54) is 0 Å². The summed E-state index contributed by atoms with van der Waals surface area (Å²) < 4.78 is 5.28. The zero-order valence-electron chi connectivity index (χ0n) is 13.9. The van der Waals surface area contributed by atoms with Crippen molar-refractivity contribution in [1.29, 1.82) is 0 Å². The second kappa shape index (κ2) is 5.92. The van der Waals surface area contributed by atoms with Gasteiger partial charge in [0.1, 0.15) is 5.76 Å². The van der Waals surface area contributed by atoms with Crippen molar-refractivity contribution in [2.75, 3.05) is 31.1 Å². The predicted molar refractivity (Wildman–Crippen MR) is 89.9 cm³/mol. The Morgan fingerprint density at radius 3 is 2.79 bits per heavy atom. The molecule has 0 N–H and O–H groups in total. The van der Waals surface area contributed by atoms with Gasteiger partial charge in [0.25, 0.3) is 5.91 Å². The van der Waals surface area contributed by atoms with E-state index in [0.29, 0.717) is 11.3 Å². The fourth-order valence-corrected chi connectivity index (χ4v) is 4.05. The average Bonchev–Trinajstić information content (AvgIpc) is 3.22. The minimum Gasteiger partial charge on any atom is -0.469 e. The first-order chi connectivity index (χ1) is 11.7. The number of amides is 1. The molecule has 0 bridgehead atoms. The first-order valence-electron chi connectivity index (χ1n) is 8.52. The van der Waals surface area contributed by atoms with Crippen molar-refractivity contribution in [2.45, 2.75) is 26.2 Å². The van der Waals surface area contributed by atoms with Crippen LogP contribution in [0.25, 0.3) is 0 Å². The monoisotopic (exact) mass is 326 g/mol. The lowest BCUT2D eigenvalue weighted by Gasteiger charge is -2.40. The molecule has 24 heavy (non-hydrogen) atoms. The summed E-state index contributed by atoms with van der Waals surface area (Å²) in [5, 5.41) is 0. The molecule has 1 atom stereocenters. The molecule has 2 aromatic rings. The van der Waals surface area contributed by atoms with Gasteiger partial charge in [-0.05, 0) is 38.3 Å². The number of likely N-dealkylation sites (tertiary alicyclic amines) is 1. The van der Waals surface area contributed by atoms with Gasteiger partial charge in [-0.3, -0.25) is 4.79 Å². The molecule has 2 aliphatic heterocycles. The summed E-state index contributed by atoms with van der Waals surface area (Å²) in [6.07, 6.45) is 8.48. The van der Waals surface area contributed by atoms with E-state index in [2.05, 4.69) is 14.9 Å². The van der Waals surface area contributed by atoms with E-state index < -0.39 is 0 Å². The highest BCUT2D eigenvalue weighted by Gasteiger charge is 2.43. The molecule has 6 heteroatoms. The van der Waals surface area contributed by atoms with Crippen LogP contribution in [-0.2, 0) is 0 Å². The molecule has 126 valence electrons. The van der Waals surface area contributed by atoms with E-state index in [1.54, 1.807) is 24.7 Å². The molecular weight excluding hydrogens is 304 g/mol. The Morgan fingerprint density at radius 2 is 2.04 bits per heavy atom. The molecule has 2 fully saturated rings. The van der Waals surface area contributed by atoms with Crippen LogP contribution < -0.4 is 4.90 Å². The molecule has 0 radical (unpaired) electrons. The lowest BCUT2D eigenvalue weighted by Crippen LogP contribution is -2.46. The Morgan fingerprint density at radius 1 is 1.21 bits per heavy atom. The van der Waals surface area contributed by atoms with Crippen molar-refractivity contribution >= 4 is 11.9 Å². The molecular formula is C18H22N4O2. The van der Waals surface area contributed by atoms with Crippen LogP contribution in [-0.4, -0.2) is 47.0 Å². The quantitative estimate of drug-likeness (QED) is 0.848. The number of hydrogen-bond acceptors (Lipinski definition) is 5. The molecule has 1 unspecified atom stereocenters. The number of carbonyl (C=O) groups is 1. The van der Waals surface area contributed by atoms with Crippen LogP contribution in [0.4, 0.5) is 5.95 Å². The summed E-state index contributed by atoms with van der Waals surface area (Å²) in [5.41, 5.74) is 0.844. The standard InChI is InChI=1S/C18H22N4O2/c1-14-15(4-11-24-14)16(23)21-10-6-18(12-21)5-2-9-22(13-18)17-19-7-3-8-20-17/h3-4,7-8,11H,2,5-6,9-10,12-13H2,1H3. The van der Waals surface area contributed by atoms with Gasteiger partial charge in [-0.15, -0.1) is 0 Å². The highest BCUT2D eigenvalue weighted by molar-refractivity contribution is 5.95. The largest absolute Gasteiger partial charge is 0.469 e. The topological polar surface area (TPSA) is 62.5 Å². The minimum absolute atomic E-state index is 0.0891. The fraction of sp³-hybridized carbons (Fsp3) is 0.500. The number of carbonyl (C=O) groups excluding carboxylic acids is 1. The highest BCUT2D eigenvalue weighted by atomic mass is 16.3. The van der Waals surface area contributed by atoms with Crippen LogP contribution in [0.2, 0.25) is 0 Å². The number of rotatable bonds is 2. The lowest BCUT2D eigenvalue weighted by molar-refractivity contribution is 0.0765. The van der Waals surface area contributed by atoms with Crippen LogP contribution in [0.3, 0.4) is 0 Å². The van der Waals surface area contributed by atoms with Gasteiger partial charge in [0.2, 0.25) is 5.95 Å². The third kappa shape index (κ3) is 2.66. The number of hydrogen-bond donors (Lipinski definition) is 0. The van der Waals surface area contributed by atoms with E-state index in [4.69, 9.17) is 4.42 Å². The molecule has 2 saturated heterocycles. The second-order valence-corrected chi connectivity index (χ2v) is 6.94. The Kier molecular flexibility index (Phi) is 3.75. The average molecular weight is 326 g/mol. The smallest absolute Gasteiger partial charge is 0.257 e. The summed E-state index contributed by atoms with van der Waals surface area (Å²) in [4.78, 5) is 25.7. The molecule has 0 aliphatic carbocycles. The van der Waals surface area contributed by atoms with Gasteiger partial charge in [0, 0.05) is 44.0 Å². The Hall–Kier alpha value is -2.37. The minimum atomic E-state index is 0.0891. The van der Waals surface area contributed by atoms with Gasteiger partial charge >= 0.3 is 0 Å². The number of anilines is 1. The van der Waals surface area contributed by atoms with Crippen LogP contribution in [0.5, 0.6) is 0 Å². The van der Waals surface area contributed by atoms with Gasteiger partial charge in [-0.2, -0.15) is 0 Å². The number of furan rings is 1. The van der Waals surface area contributed by atoms with Gasteiger partial charge in [0.15, 0.2) is 0 Å². The fourth-order valence-electron chi connectivity index (χ4n) is 4.05. The molecule has 6 nitrogen and oxygen atoms in total. The van der Waals surface area contributed by atoms with Gasteiger partial charge in [0.05, 0.1) is 11.8 Å². The Bertz CT molecular complexity index is 730. The van der Waals surface area contributed by atoms with Crippen molar-refractivity contribution < 1.29 is 9.21 Å². The second-order valence-electron chi connectivity index (χ2n) is 6.94. The molecule has 2 aromatic heterocycles. The summed E-state index contributed by atoms with van der Waals surface area (Å²) in [6.45, 7) is 5.37. The summed E-state index contributed by atoms with van der Waals surface area (Å²) in [7, 11) is 0. The lowest BCUT2D eigenvalue weighted by atomic mass is 9.79. The Balaban J connectivity index is 1.49. The number of aryl methyl sites for hydroxylation is 1. The third-order valence-electron chi connectivity index (χ3n) is 5.31. The summed E-state index contributed by atoms with van der Waals surface area (Å²) >= 11 is 0. The summed E-state index contributed by atoms with van der Waals surface area (Å²) in [5.74, 6) is 1.59. The molecule has 2 aliphatic rings. The van der Waals surface area contributed by atoms with Crippen molar-refractivity contribution in [3.8, 4) is 0 Å². The van der Waals surface area contributed by atoms with Crippen LogP contribution in [0, 0.1) is 12.3 Å². The number of nitrogens with zero attached hydrogens (tertiary/aromatic N) is 4. The number of piperidine rings is 1. The van der Waals surface area contributed by atoms with Gasteiger partial charge < -0.3 is 14.2 Å². The van der Waals surface area contributed by atoms with Crippen LogP contribution >= 0.6 is 0 Å². The van der Waals surface area contributed by atoms with Crippen molar-refractivity contribution in [3.05, 3.63) is 42.1 Å². The zero-order chi connectivity index (χ0) is 16.6. The van der Waals surface area contributed by atoms with Gasteiger partial charge in [-0.25, -0.2) is 9.97 Å². The first kappa shape index (κ1) is 15.2. The highest BCUT2D eigenvalue weighted by Crippen LogP contribution is 2.40. The first-order valence-corrected chi connectivity index (χ1v) is 8.52. The van der Waals surface area contributed by atoms with Crippen LogP contribution in [0.1, 0.15) is 35.4 Å². The third-order valence-corrected chi connectivity index (χ3v) is 5.31. The number of aromatic nitrogens is 2. The SMILES string of the molecule is Cc1occc1C(=O)N1CCC2(CCCN(c3ncccn3)C2)C1.